The Morgan fingerprint density at radius 2 is 0.674 bits per heavy atom. The minimum Gasteiger partial charge on any atom is -0.478 e. The summed E-state index contributed by atoms with van der Waals surface area (Å²) in [5, 5.41) is 16.6. The van der Waals surface area contributed by atoms with Crippen molar-refractivity contribution in [2.75, 3.05) is 13.2 Å². The number of rotatable bonds is 22. The molecule has 0 saturated carbocycles. The largest absolute Gasteiger partial charge is 0.478 e. The van der Waals surface area contributed by atoms with E-state index >= 15 is 0 Å². The van der Waals surface area contributed by atoms with Crippen LogP contribution in [0, 0.1) is 0 Å². The topological polar surface area (TPSA) is 127 Å². The van der Waals surface area contributed by atoms with Gasteiger partial charge in [-0.15, -0.1) is 0 Å². The molecule has 0 atom stereocenters. The van der Waals surface area contributed by atoms with Crippen LogP contribution in [0.3, 0.4) is 0 Å². The quantitative estimate of drug-likeness (QED) is 0.0491. The molecular weight excluding hydrogens is 655 g/mol. The van der Waals surface area contributed by atoms with Crippen LogP contribution in [0.25, 0.3) is 0 Å². The van der Waals surface area contributed by atoms with Crippen molar-refractivity contribution in [2.45, 2.75) is 157 Å². The van der Waals surface area contributed by atoms with Crippen molar-refractivity contribution >= 4 is 47.8 Å². The molecule has 0 unspecified atom stereocenters. The van der Waals surface area contributed by atoms with Crippen molar-refractivity contribution < 1.29 is 38.9 Å². The molecule has 0 fully saturated rings. The van der Waals surface area contributed by atoms with Gasteiger partial charge in [-0.05, 0) is 12.8 Å². The van der Waals surface area contributed by atoms with E-state index in [2.05, 4.69) is 41.5 Å². The molecule has 0 heterocycles. The average Bonchev–Trinajstić information content (AvgIpc) is 2.98. The number of carbonyl (C=O) groups is 4. The van der Waals surface area contributed by atoms with Gasteiger partial charge in [0.25, 0.3) is 0 Å². The van der Waals surface area contributed by atoms with Crippen LogP contribution < -0.4 is 0 Å². The molecule has 2 N–H and O–H groups in total. The molecule has 0 saturated heterocycles. The van der Waals surface area contributed by atoms with E-state index in [1.807, 2.05) is 0 Å². The third-order valence-corrected chi connectivity index (χ3v) is 5.71. The minimum atomic E-state index is -1.14. The Kier molecular flexibility index (Phi) is 55.6. The van der Waals surface area contributed by atoms with E-state index in [1.54, 1.807) is 0 Å². The zero-order chi connectivity index (χ0) is 32.7. The Morgan fingerprint density at radius 1 is 0.419 bits per heavy atom. The first-order chi connectivity index (χ1) is 20.2. The molecule has 43 heavy (non-hydrogen) atoms. The van der Waals surface area contributed by atoms with E-state index in [0.717, 1.165) is 50.0 Å². The summed E-state index contributed by atoms with van der Waals surface area (Å²) in [5.41, 5.74) is 0. The number of hydrogen-bond acceptors (Lipinski definition) is 6. The number of carbonyl (C=O) groups excluding carboxylic acids is 2. The molecule has 8 nitrogen and oxygen atoms in total. The average molecular weight is 720 g/mol. The third-order valence-electron chi connectivity index (χ3n) is 5.71. The van der Waals surface area contributed by atoms with Crippen LogP contribution in [0.2, 0.25) is 0 Å². The van der Waals surface area contributed by atoms with Gasteiger partial charge in [0.15, 0.2) is 0 Å². The van der Waals surface area contributed by atoms with Gasteiger partial charge in [0.2, 0.25) is 0 Å². The number of esters is 2. The maximum atomic E-state index is 10.9. The summed E-state index contributed by atoms with van der Waals surface area (Å²) in [6, 6.07) is 0. The first-order valence-electron chi connectivity index (χ1n) is 16.3. The summed E-state index contributed by atoms with van der Waals surface area (Å²) >= 11 is 0. The molecule has 0 aromatic rings. The van der Waals surface area contributed by atoms with Crippen LogP contribution in [0.15, 0.2) is 24.3 Å². The molecule has 0 rings (SSSR count). The van der Waals surface area contributed by atoms with E-state index in [0.29, 0.717) is 13.2 Å². The Morgan fingerprint density at radius 3 is 0.907 bits per heavy atom. The third kappa shape index (κ3) is 64.3. The molecule has 0 aliphatic rings. The molecule has 0 aliphatic carbocycles. The number of hydrogen-bond donors (Lipinski definition) is 2. The first kappa shape index (κ1) is 50.8. The predicted molar refractivity (Wildman–Crippen MR) is 178 cm³/mol. The number of ether oxygens (including phenoxy) is 2. The van der Waals surface area contributed by atoms with Crippen LogP contribution in [0.5, 0.6) is 0 Å². The maximum absolute atomic E-state index is 10.9. The molecule has 252 valence electrons. The Labute approximate surface area is 280 Å². The summed E-state index contributed by atoms with van der Waals surface area (Å²) < 4.78 is 9.66. The SMILES string of the molecule is CCCC.CCCC.CCCCCCCCCOC(=O)/C=C\C(=O)O.CCCCCCCCCOC(=O)/C=C\C(=O)O.[Sn]. The number of aliphatic carboxylic acids is 2. The van der Waals surface area contributed by atoms with Gasteiger partial charge < -0.3 is 19.7 Å². The fourth-order valence-corrected chi connectivity index (χ4v) is 2.84. The molecular formula is C34H64O8Sn. The standard InChI is InChI=1S/2C13H22O4.2C4H10.Sn/c2*1-2-3-4-5-6-7-8-11-17-13(16)10-9-12(14)15;2*1-3-4-2;/h2*9-10H,2-8,11H2,1H3,(H,14,15);2*3-4H2,1-2H3;/b2*10-9-;;;. The van der Waals surface area contributed by atoms with Crippen LogP contribution in [0.1, 0.15) is 157 Å². The van der Waals surface area contributed by atoms with Gasteiger partial charge in [-0.2, -0.15) is 0 Å². The molecule has 0 amide bonds. The van der Waals surface area contributed by atoms with Gasteiger partial charge in [-0.1, -0.05) is 144 Å². The van der Waals surface area contributed by atoms with E-state index in [-0.39, 0.29) is 23.9 Å². The minimum absolute atomic E-state index is 0. The summed E-state index contributed by atoms with van der Waals surface area (Å²) in [4.78, 5) is 42.1. The van der Waals surface area contributed by atoms with Crippen LogP contribution in [-0.4, -0.2) is 71.2 Å². The van der Waals surface area contributed by atoms with Crippen molar-refractivity contribution in [3.05, 3.63) is 24.3 Å². The number of carboxylic acid groups (broad SMARTS) is 2. The van der Waals surface area contributed by atoms with Gasteiger partial charge in [-0.25, -0.2) is 19.2 Å². The van der Waals surface area contributed by atoms with E-state index in [4.69, 9.17) is 19.7 Å². The zero-order valence-corrected chi connectivity index (χ0v) is 31.1. The van der Waals surface area contributed by atoms with Crippen molar-refractivity contribution in [3.63, 3.8) is 0 Å². The van der Waals surface area contributed by atoms with Gasteiger partial charge in [-0.3, -0.25) is 0 Å². The van der Waals surface area contributed by atoms with Crippen molar-refractivity contribution in [1.82, 2.24) is 0 Å². The molecule has 0 spiro atoms. The Bertz CT molecular complexity index is 603. The number of unbranched alkanes of at least 4 members (excludes halogenated alkanes) is 14. The smallest absolute Gasteiger partial charge is 0.331 e. The van der Waals surface area contributed by atoms with Crippen LogP contribution >= 0.6 is 0 Å². The van der Waals surface area contributed by atoms with E-state index in [1.165, 1.54) is 89.9 Å². The predicted octanol–water partition coefficient (Wildman–Crippen LogP) is 9.07. The van der Waals surface area contributed by atoms with Gasteiger partial charge >= 0.3 is 23.9 Å². The van der Waals surface area contributed by atoms with Gasteiger partial charge in [0, 0.05) is 48.2 Å². The molecule has 0 aromatic carbocycles. The van der Waals surface area contributed by atoms with Gasteiger partial charge in [0.05, 0.1) is 13.2 Å². The van der Waals surface area contributed by atoms with Crippen LogP contribution in [0.4, 0.5) is 0 Å². The molecule has 4 radical (unpaired) electrons. The number of carboxylic acids is 2. The first-order valence-corrected chi connectivity index (χ1v) is 16.3. The summed E-state index contributed by atoms with van der Waals surface area (Å²) in [7, 11) is 0. The molecule has 0 bridgehead atoms. The fraction of sp³-hybridized carbons (Fsp3) is 0.765. The van der Waals surface area contributed by atoms with E-state index in [9.17, 15) is 19.2 Å². The monoisotopic (exact) mass is 720 g/mol. The summed E-state index contributed by atoms with van der Waals surface area (Å²) in [6.45, 7) is 13.8. The summed E-state index contributed by atoms with van der Waals surface area (Å²) in [6.07, 6.45) is 24.9. The van der Waals surface area contributed by atoms with Crippen LogP contribution in [-0.2, 0) is 28.7 Å². The zero-order valence-electron chi connectivity index (χ0n) is 28.3. The van der Waals surface area contributed by atoms with Crippen molar-refractivity contribution in [3.8, 4) is 0 Å². The van der Waals surface area contributed by atoms with Crippen molar-refractivity contribution in [2.24, 2.45) is 0 Å². The van der Waals surface area contributed by atoms with E-state index < -0.39 is 23.9 Å². The van der Waals surface area contributed by atoms with Gasteiger partial charge in [0.1, 0.15) is 0 Å². The second-order valence-electron chi connectivity index (χ2n) is 9.92. The molecule has 9 heteroatoms. The Balaban J connectivity index is -0.000000175. The normalized spacial score (nSPS) is 9.81. The molecule has 0 aliphatic heterocycles. The summed E-state index contributed by atoms with van der Waals surface area (Å²) in [5.74, 6) is -3.45. The Hall–Kier alpha value is -1.84. The molecule has 0 aromatic heterocycles. The van der Waals surface area contributed by atoms with Crippen molar-refractivity contribution in [1.29, 1.82) is 0 Å². The second kappa shape index (κ2) is 47.1. The second-order valence-corrected chi connectivity index (χ2v) is 9.92. The maximum Gasteiger partial charge on any atom is 0.331 e. The fourth-order valence-electron chi connectivity index (χ4n) is 2.84.